The van der Waals surface area contributed by atoms with Crippen molar-refractivity contribution in [1.29, 1.82) is 0 Å². The van der Waals surface area contributed by atoms with Crippen LogP contribution in [0.1, 0.15) is 48.0 Å². The standard InChI is InChI=1S/C26H32N4O3S/c1-5-29(6-2)20-9-7-18(8-10-20)22-17-34-25(27-22)19-13-15-30(16-14-19)26(31)21-11-12-23(32-3)28-24(21)33-4/h7-12,17,19H,5-6,13-16H2,1-4H3. The molecule has 3 heterocycles. The number of methoxy groups -OCH3 is 2. The van der Waals surface area contributed by atoms with Crippen LogP contribution < -0.4 is 14.4 Å². The highest BCUT2D eigenvalue weighted by atomic mass is 32.1. The summed E-state index contributed by atoms with van der Waals surface area (Å²) in [5.41, 5.74) is 3.88. The van der Waals surface area contributed by atoms with Crippen LogP contribution in [0.4, 0.5) is 5.69 Å². The van der Waals surface area contributed by atoms with Gasteiger partial charge in [-0.05, 0) is 44.9 Å². The first-order chi connectivity index (χ1) is 16.6. The molecule has 0 N–H and O–H groups in total. The molecule has 1 aromatic carbocycles. The molecule has 1 aliphatic rings. The number of pyridine rings is 1. The van der Waals surface area contributed by atoms with Crippen LogP contribution >= 0.6 is 11.3 Å². The number of benzene rings is 1. The van der Waals surface area contributed by atoms with Crippen LogP contribution in [0.3, 0.4) is 0 Å². The molecule has 0 aliphatic carbocycles. The van der Waals surface area contributed by atoms with Crippen LogP contribution in [0.25, 0.3) is 11.3 Å². The lowest BCUT2D eigenvalue weighted by atomic mass is 9.97. The number of nitrogens with zero attached hydrogens (tertiary/aromatic N) is 4. The minimum atomic E-state index is -0.0569. The van der Waals surface area contributed by atoms with Gasteiger partial charge in [0, 0.05) is 54.8 Å². The number of piperidine rings is 1. The highest BCUT2D eigenvalue weighted by Gasteiger charge is 2.28. The first kappa shape index (κ1) is 24.0. The fourth-order valence-corrected chi connectivity index (χ4v) is 5.40. The minimum absolute atomic E-state index is 0.0569. The molecule has 0 unspecified atom stereocenters. The molecule has 180 valence electrons. The van der Waals surface area contributed by atoms with Gasteiger partial charge in [0.25, 0.3) is 5.91 Å². The Labute approximate surface area is 205 Å². The molecule has 4 rings (SSSR count). The topological polar surface area (TPSA) is 67.8 Å². The Balaban J connectivity index is 1.39. The predicted molar refractivity (Wildman–Crippen MR) is 136 cm³/mol. The third kappa shape index (κ3) is 5.01. The second-order valence-electron chi connectivity index (χ2n) is 8.27. The molecule has 7 nitrogen and oxygen atoms in total. The normalized spacial score (nSPS) is 14.2. The number of carbonyl (C=O) groups is 1. The summed E-state index contributed by atoms with van der Waals surface area (Å²) in [5, 5.41) is 3.30. The second kappa shape index (κ2) is 10.9. The maximum Gasteiger partial charge on any atom is 0.259 e. The summed E-state index contributed by atoms with van der Waals surface area (Å²) in [6, 6.07) is 12.1. The largest absolute Gasteiger partial charge is 0.481 e. The summed E-state index contributed by atoms with van der Waals surface area (Å²) in [6.07, 6.45) is 1.79. The molecular formula is C26H32N4O3S. The molecule has 0 atom stereocenters. The zero-order valence-electron chi connectivity index (χ0n) is 20.3. The summed E-state index contributed by atoms with van der Waals surface area (Å²) in [6.45, 7) is 7.72. The highest BCUT2D eigenvalue weighted by Crippen LogP contribution is 2.34. The van der Waals surface area contributed by atoms with Gasteiger partial charge in [0.15, 0.2) is 0 Å². The maximum atomic E-state index is 13.1. The summed E-state index contributed by atoms with van der Waals surface area (Å²) in [4.78, 5) is 26.5. The maximum absolute atomic E-state index is 13.1. The van der Waals surface area contributed by atoms with Gasteiger partial charge in [-0.3, -0.25) is 4.79 Å². The predicted octanol–water partition coefficient (Wildman–Crippen LogP) is 5.09. The van der Waals surface area contributed by atoms with Crippen LogP contribution in [0.15, 0.2) is 41.8 Å². The van der Waals surface area contributed by atoms with Crippen LogP contribution in [0, 0.1) is 0 Å². The number of aromatic nitrogens is 2. The summed E-state index contributed by atoms with van der Waals surface area (Å²) in [5.74, 6) is 1.03. The third-order valence-corrected chi connectivity index (χ3v) is 7.42. The smallest absolute Gasteiger partial charge is 0.259 e. The van der Waals surface area contributed by atoms with E-state index < -0.39 is 0 Å². The van der Waals surface area contributed by atoms with Crippen molar-refractivity contribution < 1.29 is 14.3 Å². The van der Waals surface area contributed by atoms with Crippen LogP contribution in [0.2, 0.25) is 0 Å². The molecular weight excluding hydrogens is 448 g/mol. The SMILES string of the molecule is CCN(CC)c1ccc(-c2csc(C3CCN(C(=O)c4ccc(OC)nc4OC)CC3)n2)cc1. The van der Waals surface area contributed by atoms with Gasteiger partial charge in [0.2, 0.25) is 11.8 Å². The lowest BCUT2D eigenvalue weighted by molar-refractivity contribution is 0.0708. The van der Waals surface area contributed by atoms with E-state index in [4.69, 9.17) is 14.5 Å². The number of ether oxygens (including phenoxy) is 2. The van der Waals surface area contributed by atoms with E-state index in [2.05, 4.69) is 53.4 Å². The third-order valence-electron chi connectivity index (χ3n) is 6.41. The number of carbonyl (C=O) groups excluding carboxylic acids is 1. The summed E-state index contributed by atoms with van der Waals surface area (Å²) in [7, 11) is 3.06. The number of anilines is 1. The van der Waals surface area contributed by atoms with E-state index in [9.17, 15) is 4.79 Å². The Morgan fingerprint density at radius 1 is 1.03 bits per heavy atom. The molecule has 1 fully saturated rings. The lowest BCUT2D eigenvalue weighted by Gasteiger charge is -2.31. The van der Waals surface area contributed by atoms with Gasteiger partial charge in [-0.15, -0.1) is 11.3 Å². The molecule has 3 aromatic rings. The molecule has 8 heteroatoms. The minimum Gasteiger partial charge on any atom is -0.481 e. The van der Waals surface area contributed by atoms with Crippen molar-refractivity contribution in [1.82, 2.24) is 14.9 Å². The van der Waals surface area contributed by atoms with Gasteiger partial charge in [0.05, 0.1) is 24.9 Å². The number of likely N-dealkylation sites (tertiary alicyclic amines) is 1. The molecule has 0 bridgehead atoms. The Morgan fingerprint density at radius 2 is 1.74 bits per heavy atom. The summed E-state index contributed by atoms with van der Waals surface area (Å²) >= 11 is 1.72. The number of hydrogen-bond acceptors (Lipinski definition) is 7. The van der Waals surface area contributed by atoms with Gasteiger partial charge < -0.3 is 19.3 Å². The van der Waals surface area contributed by atoms with E-state index in [-0.39, 0.29) is 5.91 Å². The first-order valence-corrected chi connectivity index (χ1v) is 12.6. The molecule has 0 saturated carbocycles. The second-order valence-corrected chi connectivity index (χ2v) is 9.16. The molecule has 2 aromatic heterocycles. The van der Waals surface area contributed by atoms with Gasteiger partial charge in [-0.1, -0.05) is 12.1 Å². The van der Waals surface area contributed by atoms with Crippen LogP contribution in [0.5, 0.6) is 11.8 Å². The monoisotopic (exact) mass is 480 g/mol. The van der Waals surface area contributed by atoms with Crippen molar-refractivity contribution in [3.05, 3.63) is 52.3 Å². The fourth-order valence-electron chi connectivity index (χ4n) is 4.39. The van der Waals surface area contributed by atoms with Crippen LogP contribution in [-0.2, 0) is 0 Å². The van der Waals surface area contributed by atoms with E-state index in [1.165, 1.54) is 12.8 Å². The Morgan fingerprint density at radius 3 is 2.35 bits per heavy atom. The van der Waals surface area contributed by atoms with Crippen LogP contribution in [-0.4, -0.2) is 61.2 Å². The van der Waals surface area contributed by atoms with Crippen molar-refractivity contribution in [2.24, 2.45) is 0 Å². The number of rotatable bonds is 8. The van der Waals surface area contributed by atoms with Gasteiger partial charge in [0.1, 0.15) is 5.56 Å². The fraction of sp³-hybridized carbons (Fsp3) is 0.423. The van der Waals surface area contributed by atoms with E-state index in [1.807, 2.05) is 4.90 Å². The van der Waals surface area contributed by atoms with Crippen molar-refractivity contribution in [2.75, 3.05) is 45.3 Å². The molecule has 0 radical (unpaired) electrons. The lowest BCUT2D eigenvalue weighted by Crippen LogP contribution is -2.38. The zero-order valence-corrected chi connectivity index (χ0v) is 21.1. The van der Waals surface area contributed by atoms with Gasteiger partial charge in [-0.2, -0.15) is 4.98 Å². The molecule has 1 amide bonds. The van der Waals surface area contributed by atoms with Gasteiger partial charge in [-0.25, -0.2) is 4.98 Å². The molecule has 34 heavy (non-hydrogen) atoms. The Bertz CT molecular complexity index is 1100. The van der Waals surface area contributed by atoms with Crippen molar-refractivity contribution in [3.63, 3.8) is 0 Å². The average molecular weight is 481 g/mol. The number of thiazole rings is 1. The Hall–Kier alpha value is -3.13. The number of hydrogen-bond donors (Lipinski definition) is 0. The van der Waals surface area contributed by atoms with E-state index >= 15 is 0 Å². The first-order valence-electron chi connectivity index (χ1n) is 11.8. The van der Waals surface area contributed by atoms with Crippen molar-refractivity contribution in [3.8, 4) is 23.0 Å². The molecule has 1 saturated heterocycles. The van der Waals surface area contributed by atoms with E-state index in [0.717, 1.165) is 42.2 Å². The number of amides is 1. The highest BCUT2D eigenvalue weighted by molar-refractivity contribution is 7.10. The van der Waals surface area contributed by atoms with Crippen molar-refractivity contribution >= 4 is 22.9 Å². The quantitative estimate of drug-likeness (QED) is 0.447. The van der Waals surface area contributed by atoms with Gasteiger partial charge >= 0.3 is 0 Å². The average Bonchev–Trinajstić information content (AvgIpc) is 3.39. The van der Waals surface area contributed by atoms with Crippen molar-refractivity contribution in [2.45, 2.75) is 32.6 Å². The Kier molecular flexibility index (Phi) is 7.67. The molecule has 1 aliphatic heterocycles. The molecule has 0 spiro atoms. The van der Waals surface area contributed by atoms with E-state index in [0.29, 0.717) is 36.3 Å². The van der Waals surface area contributed by atoms with E-state index in [1.54, 1.807) is 30.6 Å². The zero-order chi connectivity index (χ0) is 24.1. The summed E-state index contributed by atoms with van der Waals surface area (Å²) < 4.78 is 10.5.